The van der Waals surface area contributed by atoms with Crippen molar-refractivity contribution in [3.05, 3.63) is 81.8 Å². The van der Waals surface area contributed by atoms with Crippen molar-refractivity contribution in [3.8, 4) is 11.1 Å². The molecule has 2 heterocycles. The van der Waals surface area contributed by atoms with Crippen LogP contribution >= 0.6 is 23.2 Å². The Balaban J connectivity index is 1.72. The number of rotatable bonds is 7. The predicted molar refractivity (Wildman–Crippen MR) is 135 cm³/mol. The minimum absolute atomic E-state index is 0.138. The largest absolute Gasteiger partial charge is 0.395 e. The van der Waals surface area contributed by atoms with E-state index in [2.05, 4.69) is 15.2 Å². The molecule has 0 aliphatic carbocycles. The van der Waals surface area contributed by atoms with Gasteiger partial charge in [-0.2, -0.15) is 0 Å². The molecule has 0 saturated carbocycles. The summed E-state index contributed by atoms with van der Waals surface area (Å²) in [6.45, 7) is 2.46. The lowest BCUT2D eigenvalue weighted by atomic mass is 9.98. The Morgan fingerprint density at radius 3 is 2.52 bits per heavy atom. The molecule has 0 atom stereocenters. The Morgan fingerprint density at radius 1 is 1.06 bits per heavy atom. The summed E-state index contributed by atoms with van der Waals surface area (Å²) >= 11 is 12.6. The summed E-state index contributed by atoms with van der Waals surface area (Å²) < 4.78 is 13.6. The number of hydrogen-bond donors (Lipinski definition) is 2. The van der Waals surface area contributed by atoms with Gasteiger partial charge < -0.3 is 15.3 Å². The van der Waals surface area contributed by atoms with Crippen LogP contribution in [0.25, 0.3) is 23.3 Å². The third-order valence-electron chi connectivity index (χ3n) is 5.78. The quantitative estimate of drug-likeness (QED) is 0.436. The van der Waals surface area contributed by atoms with Gasteiger partial charge in [0.05, 0.1) is 12.3 Å². The van der Waals surface area contributed by atoms with Crippen LogP contribution in [0.15, 0.2) is 54.9 Å². The standard InChI is InChI=1S/C26H26Cl2FN3O/c27-21-13-20(14-22(28)15-21)25-17-30-16-19(5-4-18-2-1-3-23(29)12-18)26(25)32-9-6-24(7-10-32)31-8-11-33/h1-5,12-17,24,31,33H,6-11H2/b5-4+. The van der Waals surface area contributed by atoms with Crippen molar-refractivity contribution >= 4 is 41.0 Å². The molecule has 3 aromatic rings. The first-order chi connectivity index (χ1) is 16.0. The van der Waals surface area contributed by atoms with E-state index in [0.29, 0.717) is 22.6 Å². The van der Waals surface area contributed by atoms with Crippen LogP contribution in [-0.2, 0) is 0 Å². The van der Waals surface area contributed by atoms with Gasteiger partial charge >= 0.3 is 0 Å². The van der Waals surface area contributed by atoms with Crippen molar-refractivity contribution in [2.24, 2.45) is 0 Å². The molecule has 0 radical (unpaired) electrons. The van der Waals surface area contributed by atoms with E-state index in [1.54, 1.807) is 12.1 Å². The Hall–Kier alpha value is -2.44. The molecule has 1 fully saturated rings. The van der Waals surface area contributed by atoms with Gasteiger partial charge in [-0.25, -0.2) is 4.39 Å². The molecule has 1 aromatic heterocycles. The van der Waals surface area contributed by atoms with Crippen molar-refractivity contribution in [1.82, 2.24) is 10.3 Å². The Labute approximate surface area is 203 Å². The maximum Gasteiger partial charge on any atom is 0.123 e. The molecule has 2 aromatic carbocycles. The summed E-state index contributed by atoms with van der Waals surface area (Å²) in [5.74, 6) is -0.268. The van der Waals surface area contributed by atoms with Gasteiger partial charge in [-0.1, -0.05) is 47.5 Å². The van der Waals surface area contributed by atoms with Crippen molar-refractivity contribution in [3.63, 3.8) is 0 Å². The fourth-order valence-corrected chi connectivity index (χ4v) is 4.76. The van der Waals surface area contributed by atoms with Crippen LogP contribution in [-0.4, -0.2) is 42.4 Å². The van der Waals surface area contributed by atoms with E-state index in [9.17, 15) is 4.39 Å². The average Bonchev–Trinajstić information content (AvgIpc) is 2.81. The number of aromatic nitrogens is 1. The lowest BCUT2D eigenvalue weighted by Gasteiger charge is -2.36. The van der Waals surface area contributed by atoms with Crippen LogP contribution < -0.4 is 10.2 Å². The predicted octanol–water partition coefficient (Wildman–Crippen LogP) is 5.92. The first kappa shape index (κ1) is 23.7. The summed E-state index contributed by atoms with van der Waals surface area (Å²) in [5.41, 5.74) is 4.62. The highest BCUT2D eigenvalue weighted by Crippen LogP contribution is 2.38. The molecular formula is C26H26Cl2FN3O. The normalized spacial score (nSPS) is 14.8. The second kappa shape index (κ2) is 11.1. The second-order valence-corrected chi connectivity index (χ2v) is 8.98. The molecule has 2 N–H and O–H groups in total. The van der Waals surface area contributed by atoms with Crippen molar-refractivity contribution < 1.29 is 9.50 Å². The zero-order chi connectivity index (χ0) is 23.2. The van der Waals surface area contributed by atoms with E-state index in [1.165, 1.54) is 12.1 Å². The summed E-state index contributed by atoms with van der Waals surface area (Å²) in [7, 11) is 0. The molecule has 0 spiro atoms. The van der Waals surface area contributed by atoms with E-state index >= 15 is 0 Å². The maximum absolute atomic E-state index is 13.6. The fourth-order valence-electron chi connectivity index (χ4n) is 4.24. The van der Waals surface area contributed by atoms with Crippen molar-refractivity contribution in [2.75, 3.05) is 31.1 Å². The van der Waals surface area contributed by atoms with Gasteiger partial charge in [0.1, 0.15) is 5.82 Å². The summed E-state index contributed by atoms with van der Waals surface area (Å²) in [5, 5.41) is 13.6. The molecule has 172 valence electrons. The van der Waals surface area contributed by atoms with Gasteiger partial charge in [-0.3, -0.25) is 4.98 Å². The SMILES string of the molecule is OCCNC1CCN(c2c(/C=C/c3cccc(F)c3)cncc2-c2cc(Cl)cc(Cl)c2)CC1. The second-order valence-electron chi connectivity index (χ2n) is 8.11. The van der Waals surface area contributed by atoms with E-state index in [4.69, 9.17) is 28.3 Å². The third-order valence-corrected chi connectivity index (χ3v) is 6.22. The zero-order valence-electron chi connectivity index (χ0n) is 18.1. The number of nitrogens with zero attached hydrogens (tertiary/aromatic N) is 2. The first-order valence-corrected chi connectivity index (χ1v) is 11.8. The molecule has 33 heavy (non-hydrogen) atoms. The fraction of sp³-hybridized carbons (Fsp3) is 0.269. The van der Waals surface area contributed by atoms with Gasteiger partial charge in [0.15, 0.2) is 0 Å². The number of halogens is 3. The smallest absolute Gasteiger partial charge is 0.123 e. The number of nitrogens with one attached hydrogen (secondary N) is 1. The molecule has 7 heteroatoms. The minimum atomic E-state index is -0.268. The van der Waals surface area contributed by atoms with Crippen molar-refractivity contribution in [2.45, 2.75) is 18.9 Å². The van der Waals surface area contributed by atoms with Crippen LogP contribution in [0, 0.1) is 5.82 Å². The van der Waals surface area contributed by atoms with Crippen LogP contribution in [0.4, 0.5) is 10.1 Å². The maximum atomic E-state index is 13.6. The number of aliphatic hydroxyl groups is 1. The Bertz CT molecular complexity index is 1110. The van der Waals surface area contributed by atoms with E-state index < -0.39 is 0 Å². The molecule has 0 unspecified atom stereocenters. The summed E-state index contributed by atoms with van der Waals surface area (Å²) in [4.78, 5) is 6.84. The highest BCUT2D eigenvalue weighted by molar-refractivity contribution is 6.35. The minimum Gasteiger partial charge on any atom is -0.395 e. The lowest BCUT2D eigenvalue weighted by molar-refractivity contribution is 0.277. The van der Waals surface area contributed by atoms with Crippen LogP contribution in [0.3, 0.4) is 0 Å². The van der Waals surface area contributed by atoms with Gasteiger partial charge in [0, 0.05) is 59.2 Å². The molecule has 0 bridgehead atoms. The van der Waals surface area contributed by atoms with Gasteiger partial charge in [0.2, 0.25) is 0 Å². The molecule has 0 amide bonds. The van der Waals surface area contributed by atoms with Crippen LogP contribution in [0.1, 0.15) is 24.0 Å². The number of aliphatic hydroxyl groups excluding tert-OH is 1. The Morgan fingerprint density at radius 2 is 1.82 bits per heavy atom. The van der Waals surface area contributed by atoms with E-state index in [1.807, 2.05) is 42.7 Å². The number of pyridine rings is 1. The number of piperidine rings is 1. The highest BCUT2D eigenvalue weighted by Gasteiger charge is 2.23. The van der Waals surface area contributed by atoms with Gasteiger partial charge in [-0.05, 0) is 54.3 Å². The molecule has 1 saturated heterocycles. The van der Waals surface area contributed by atoms with Crippen LogP contribution in [0.2, 0.25) is 10.0 Å². The molecule has 1 aliphatic rings. The molecule has 4 nitrogen and oxygen atoms in total. The van der Waals surface area contributed by atoms with E-state index in [-0.39, 0.29) is 12.4 Å². The summed E-state index contributed by atoms with van der Waals surface area (Å²) in [6.07, 6.45) is 9.47. The summed E-state index contributed by atoms with van der Waals surface area (Å²) in [6, 6.07) is 12.4. The molecular weight excluding hydrogens is 460 g/mol. The first-order valence-electron chi connectivity index (χ1n) is 11.0. The van der Waals surface area contributed by atoms with Gasteiger partial charge in [-0.15, -0.1) is 0 Å². The number of hydrogen-bond acceptors (Lipinski definition) is 4. The Kier molecular flexibility index (Phi) is 7.99. The lowest BCUT2D eigenvalue weighted by Crippen LogP contribution is -2.43. The molecule has 1 aliphatic heterocycles. The van der Waals surface area contributed by atoms with Crippen molar-refractivity contribution in [1.29, 1.82) is 0 Å². The number of benzene rings is 2. The van der Waals surface area contributed by atoms with Crippen LogP contribution in [0.5, 0.6) is 0 Å². The highest BCUT2D eigenvalue weighted by atomic mass is 35.5. The topological polar surface area (TPSA) is 48.4 Å². The zero-order valence-corrected chi connectivity index (χ0v) is 19.7. The van der Waals surface area contributed by atoms with Gasteiger partial charge in [0.25, 0.3) is 0 Å². The number of anilines is 1. The third kappa shape index (κ3) is 6.12. The average molecular weight is 486 g/mol. The molecule has 4 rings (SSSR count). The monoisotopic (exact) mass is 485 g/mol. The van der Waals surface area contributed by atoms with E-state index in [0.717, 1.165) is 53.9 Å².